The van der Waals surface area contributed by atoms with Crippen LogP contribution in [0.2, 0.25) is 0 Å². The second-order valence-corrected chi connectivity index (χ2v) is 22.3. The first-order valence-electron chi connectivity index (χ1n) is 29.1. The van der Waals surface area contributed by atoms with Gasteiger partial charge in [0.1, 0.15) is 0 Å². The SMILES string of the molecule is c1ccc(-c2ccc3c(c2)c2cc4c(cc2n3-c2cccc(-c3ccc5c(c3)c3ccccc3n5-c3cccnc3)c2)N(c2cccc(-c3ccc5c(c3)c3ccccc3n5-c3cccnc3)c2)c2cccc3c(-c5ccccn5)ccc-4c23)nc1. The highest BCUT2D eigenvalue weighted by Gasteiger charge is 2.30. The molecule has 0 radical (unpaired) electrons. The van der Waals surface area contributed by atoms with E-state index in [1.165, 1.54) is 32.5 Å². The highest BCUT2D eigenvalue weighted by molar-refractivity contribution is 6.21. The molecule has 0 aliphatic carbocycles. The summed E-state index contributed by atoms with van der Waals surface area (Å²) in [5.74, 6) is 0. The number of para-hydroxylation sites is 2. The Hall–Kier alpha value is -11.7. The van der Waals surface area contributed by atoms with Crippen LogP contribution in [0.4, 0.5) is 17.1 Å². The molecule has 0 amide bonds. The fourth-order valence-corrected chi connectivity index (χ4v) is 13.9. The third kappa shape index (κ3) is 7.30. The normalized spacial score (nSPS) is 12.2. The predicted molar refractivity (Wildman–Crippen MR) is 354 cm³/mol. The van der Waals surface area contributed by atoms with Gasteiger partial charge in [-0.3, -0.25) is 19.9 Å². The summed E-state index contributed by atoms with van der Waals surface area (Å²) >= 11 is 0. The number of pyridine rings is 4. The minimum absolute atomic E-state index is 0.931. The zero-order valence-corrected chi connectivity index (χ0v) is 46.3. The van der Waals surface area contributed by atoms with Gasteiger partial charge in [-0.2, -0.15) is 0 Å². The average molecular weight is 1100 g/mol. The summed E-state index contributed by atoms with van der Waals surface area (Å²) in [5, 5.41) is 9.42. The van der Waals surface area contributed by atoms with Gasteiger partial charge in [0.25, 0.3) is 0 Å². The topological polar surface area (TPSA) is 69.6 Å². The van der Waals surface area contributed by atoms with Crippen LogP contribution in [-0.4, -0.2) is 33.6 Å². The quantitative estimate of drug-likeness (QED) is 0.152. The Balaban J connectivity index is 0.860. The summed E-state index contributed by atoms with van der Waals surface area (Å²) < 4.78 is 7.10. The van der Waals surface area contributed by atoms with Crippen LogP contribution in [0.3, 0.4) is 0 Å². The van der Waals surface area contributed by atoms with Gasteiger partial charge in [-0.1, -0.05) is 115 Å². The maximum atomic E-state index is 4.90. The van der Waals surface area contributed by atoms with Crippen molar-refractivity contribution in [3.8, 4) is 73.0 Å². The highest BCUT2D eigenvalue weighted by atomic mass is 15.2. The molecule has 0 N–H and O–H groups in total. The Morgan fingerprint density at radius 1 is 0.244 bits per heavy atom. The lowest BCUT2D eigenvalue weighted by molar-refractivity contribution is 1.14. The third-order valence-corrected chi connectivity index (χ3v) is 17.6. The average Bonchev–Trinajstić information content (AvgIpc) is 1.95. The smallest absolute Gasteiger partial charge is 0.0708 e. The van der Waals surface area contributed by atoms with Crippen molar-refractivity contribution in [3.05, 3.63) is 292 Å². The number of anilines is 3. The number of rotatable bonds is 8. The Labute approximate surface area is 494 Å². The zero-order valence-electron chi connectivity index (χ0n) is 46.3. The molecule has 10 aromatic carbocycles. The molecule has 8 nitrogen and oxygen atoms in total. The van der Waals surface area contributed by atoms with Gasteiger partial charge in [-0.15, -0.1) is 0 Å². The number of nitrogens with zero attached hydrogens (tertiary/aromatic N) is 8. The third-order valence-electron chi connectivity index (χ3n) is 17.6. The molecular weight excluding hydrogens is 1050 g/mol. The van der Waals surface area contributed by atoms with Crippen LogP contribution in [0.15, 0.2) is 292 Å². The van der Waals surface area contributed by atoms with Gasteiger partial charge in [0.05, 0.1) is 79.6 Å². The van der Waals surface area contributed by atoms with Crippen molar-refractivity contribution in [2.45, 2.75) is 0 Å². The molecule has 17 aromatic rings. The van der Waals surface area contributed by atoms with Crippen molar-refractivity contribution in [1.29, 1.82) is 0 Å². The summed E-state index contributed by atoms with van der Waals surface area (Å²) in [6, 6.07) is 92.9. The van der Waals surface area contributed by atoms with Gasteiger partial charge < -0.3 is 18.6 Å². The number of hydrogen-bond acceptors (Lipinski definition) is 5. The van der Waals surface area contributed by atoms with E-state index >= 15 is 0 Å². The van der Waals surface area contributed by atoms with Gasteiger partial charge in [0, 0.05) is 90.6 Å². The molecule has 400 valence electrons. The molecule has 8 heteroatoms. The first-order chi connectivity index (χ1) is 42.7. The molecule has 1 aliphatic heterocycles. The lowest BCUT2D eigenvalue weighted by atomic mass is 9.87. The fourth-order valence-electron chi connectivity index (χ4n) is 13.9. The largest absolute Gasteiger partial charge is 0.309 e. The lowest BCUT2D eigenvalue weighted by Gasteiger charge is -2.34. The van der Waals surface area contributed by atoms with Crippen LogP contribution in [0.1, 0.15) is 0 Å². The molecule has 0 fully saturated rings. The Kier molecular flexibility index (Phi) is 10.5. The van der Waals surface area contributed by atoms with E-state index in [-0.39, 0.29) is 0 Å². The van der Waals surface area contributed by atoms with Gasteiger partial charge in [0.2, 0.25) is 0 Å². The number of fused-ring (bicyclic) bond motifs is 11. The van der Waals surface area contributed by atoms with Gasteiger partial charge in [-0.05, 0) is 173 Å². The van der Waals surface area contributed by atoms with Crippen molar-refractivity contribution in [3.63, 3.8) is 0 Å². The van der Waals surface area contributed by atoms with E-state index in [0.29, 0.717) is 0 Å². The molecule has 86 heavy (non-hydrogen) atoms. The van der Waals surface area contributed by atoms with E-state index in [2.05, 4.69) is 259 Å². The van der Waals surface area contributed by atoms with Crippen LogP contribution in [0.25, 0.3) is 149 Å². The maximum Gasteiger partial charge on any atom is 0.0708 e. The summed E-state index contributed by atoms with van der Waals surface area (Å²) in [7, 11) is 0. The van der Waals surface area contributed by atoms with Gasteiger partial charge in [-0.25, -0.2) is 0 Å². The molecule has 1 aliphatic rings. The lowest BCUT2D eigenvalue weighted by Crippen LogP contribution is -2.15. The van der Waals surface area contributed by atoms with Crippen molar-refractivity contribution in [2.24, 2.45) is 0 Å². The predicted octanol–water partition coefficient (Wildman–Crippen LogP) is 19.8. The molecular formula is C78H48N8. The minimum atomic E-state index is 0.931. The van der Waals surface area contributed by atoms with Gasteiger partial charge >= 0.3 is 0 Å². The van der Waals surface area contributed by atoms with E-state index < -0.39 is 0 Å². The molecule has 18 rings (SSSR count). The van der Waals surface area contributed by atoms with E-state index in [9.17, 15) is 0 Å². The molecule has 0 saturated heterocycles. The molecule has 0 bridgehead atoms. The Morgan fingerprint density at radius 2 is 0.733 bits per heavy atom. The number of benzene rings is 10. The van der Waals surface area contributed by atoms with Crippen molar-refractivity contribution < 1.29 is 0 Å². The monoisotopic (exact) mass is 1100 g/mol. The van der Waals surface area contributed by atoms with Crippen LogP contribution in [0.5, 0.6) is 0 Å². The second-order valence-electron chi connectivity index (χ2n) is 22.3. The van der Waals surface area contributed by atoms with Crippen LogP contribution in [0, 0.1) is 0 Å². The van der Waals surface area contributed by atoms with Crippen LogP contribution in [-0.2, 0) is 0 Å². The second kappa shape index (κ2) is 18.9. The van der Waals surface area contributed by atoms with Crippen molar-refractivity contribution in [2.75, 3.05) is 4.90 Å². The van der Waals surface area contributed by atoms with E-state index in [0.717, 1.165) is 134 Å². The van der Waals surface area contributed by atoms with Crippen molar-refractivity contribution >= 4 is 93.3 Å². The minimum Gasteiger partial charge on any atom is -0.309 e. The molecule has 0 spiro atoms. The molecule has 7 aromatic heterocycles. The summed E-state index contributed by atoms with van der Waals surface area (Å²) in [6.45, 7) is 0. The Morgan fingerprint density at radius 3 is 1.36 bits per heavy atom. The summed E-state index contributed by atoms with van der Waals surface area (Å²) in [4.78, 5) is 21.2. The Bertz CT molecular complexity index is 5590. The standard InChI is InChI=1S/C78H48N8/c1-3-25-70-59(20-1)63-42-51(28-33-72(63)85(70)56-18-12-36-79-47-56)49-14-9-16-54(40-49)83-74-35-30-53(68-23-5-7-38-81-68)44-65(74)67-45-66-62-32-31-58(69-24-6-8-39-82-69)61-22-11-27-75(78(61)62)84(76(66)46-77(67)83)55-17-10-15-50(41-55)52-29-34-73-64(43-52)60-21-2-4-26-71(60)86(73)57-19-13-37-80-48-57/h1-48H. The number of hydrogen-bond donors (Lipinski definition) is 0. The summed E-state index contributed by atoms with van der Waals surface area (Å²) in [5.41, 5.74) is 24.1. The molecule has 0 unspecified atom stereocenters. The zero-order chi connectivity index (χ0) is 56.4. The first-order valence-corrected chi connectivity index (χ1v) is 29.1. The number of aromatic nitrogens is 7. The van der Waals surface area contributed by atoms with Crippen LogP contribution < -0.4 is 4.90 Å². The first kappa shape index (κ1) is 47.9. The van der Waals surface area contributed by atoms with E-state index in [4.69, 9.17) is 9.97 Å². The van der Waals surface area contributed by atoms with Crippen LogP contribution >= 0.6 is 0 Å². The van der Waals surface area contributed by atoms with Crippen molar-refractivity contribution in [1.82, 2.24) is 33.6 Å². The summed E-state index contributed by atoms with van der Waals surface area (Å²) in [6.07, 6.45) is 11.3. The molecule has 0 atom stereocenters. The maximum absolute atomic E-state index is 4.90. The van der Waals surface area contributed by atoms with E-state index in [1.807, 2.05) is 61.4 Å². The molecule has 8 heterocycles. The van der Waals surface area contributed by atoms with Gasteiger partial charge in [0.15, 0.2) is 0 Å². The fraction of sp³-hybridized carbons (Fsp3) is 0. The van der Waals surface area contributed by atoms with E-state index in [1.54, 1.807) is 0 Å². The highest BCUT2D eigenvalue weighted by Crippen LogP contribution is 2.55. The molecule has 0 saturated carbocycles.